The van der Waals surface area contributed by atoms with E-state index in [0.717, 1.165) is 71.5 Å². The van der Waals surface area contributed by atoms with Gasteiger partial charge in [0.1, 0.15) is 16.7 Å². The molecule has 0 saturated carbocycles. The Kier molecular flexibility index (Phi) is 4.45. The molecule has 0 amide bonds. The van der Waals surface area contributed by atoms with Crippen molar-refractivity contribution in [2.75, 3.05) is 0 Å². The molecular weight excluding hydrogens is 528 g/mol. The molecule has 0 saturated heterocycles. The summed E-state index contributed by atoms with van der Waals surface area (Å²) in [4.78, 5) is 0. The van der Waals surface area contributed by atoms with Crippen LogP contribution >= 0.6 is 0 Å². The van der Waals surface area contributed by atoms with E-state index in [4.69, 9.17) is 13.3 Å². The second kappa shape index (κ2) is 8.37. The van der Waals surface area contributed by atoms with E-state index in [2.05, 4.69) is 97.1 Å². The lowest BCUT2D eigenvalue weighted by molar-refractivity contribution is 0.601. The molecule has 0 radical (unpaired) electrons. The van der Waals surface area contributed by atoms with Crippen LogP contribution in [0.1, 0.15) is 0 Å². The molecule has 3 heterocycles. The molecule has 43 heavy (non-hydrogen) atoms. The molecule has 10 rings (SSSR count). The van der Waals surface area contributed by atoms with Gasteiger partial charge in [0.2, 0.25) is 0 Å². The van der Waals surface area contributed by atoms with E-state index in [1.54, 1.807) is 0 Å². The van der Waals surface area contributed by atoms with E-state index in [1.165, 1.54) is 27.1 Å². The van der Waals surface area contributed by atoms with Crippen LogP contribution in [0.3, 0.4) is 0 Å². The number of fused-ring (bicyclic) bond motifs is 10. The molecule has 0 N–H and O–H groups in total. The fourth-order valence-electron chi connectivity index (χ4n) is 7.08. The highest BCUT2D eigenvalue weighted by Gasteiger charge is 2.22. The van der Waals surface area contributed by atoms with Gasteiger partial charge >= 0.3 is 0 Å². The fraction of sp³-hybridized carbons (Fsp3) is 0. The first-order valence-corrected chi connectivity index (χ1v) is 14.5. The third kappa shape index (κ3) is 3.08. The van der Waals surface area contributed by atoms with Crippen molar-refractivity contribution in [2.45, 2.75) is 0 Å². The Bertz CT molecular complexity index is 2680. The molecule has 0 aliphatic heterocycles. The van der Waals surface area contributed by atoms with Crippen LogP contribution in [0, 0.1) is 0 Å². The largest absolute Gasteiger partial charge is 0.460 e. The second-order valence-electron chi connectivity index (χ2n) is 11.2. The van der Waals surface area contributed by atoms with Gasteiger partial charge in [0, 0.05) is 38.1 Å². The molecular formula is C40H22O3. The van der Waals surface area contributed by atoms with E-state index < -0.39 is 0 Å². The monoisotopic (exact) mass is 550 g/mol. The lowest BCUT2D eigenvalue weighted by Gasteiger charge is -2.17. The first-order chi connectivity index (χ1) is 21.3. The second-order valence-corrected chi connectivity index (χ2v) is 11.2. The molecule has 10 aromatic rings. The van der Waals surface area contributed by atoms with Gasteiger partial charge in [-0.2, -0.15) is 0 Å². The lowest BCUT2D eigenvalue weighted by Crippen LogP contribution is -1.90. The number of furan rings is 3. The summed E-state index contributed by atoms with van der Waals surface area (Å²) in [7, 11) is 0. The van der Waals surface area contributed by atoms with Crippen molar-refractivity contribution in [2.24, 2.45) is 0 Å². The van der Waals surface area contributed by atoms with Crippen LogP contribution in [0.25, 0.3) is 98.6 Å². The molecule has 0 aliphatic carbocycles. The summed E-state index contributed by atoms with van der Waals surface area (Å²) in [5.41, 5.74) is 8.78. The Morgan fingerprint density at radius 2 is 0.860 bits per heavy atom. The first-order valence-electron chi connectivity index (χ1n) is 14.5. The average molecular weight is 551 g/mol. The summed E-state index contributed by atoms with van der Waals surface area (Å²) in [5, 5.41) is 10.2. The Balaban J connectivity index is 1.29. The van der Waals surface area contributed by atoms with Crippen LogP contribution in [-0.4, -0.2) is 0 Å². The van der Waals surface area contributed by atoms with Crippen molar-refractivity contribution in [3.05, 3.63) is 134 Å². The predicted octanol–water partition coefficient (Wildman–Crippen LogP) is 11.9. The van der Waals surface area contributed by atoms with Crippen LogP contribution < -0.4 is 0 Å². The van der Waals surface area contributed by atoms with Crippen molar-refractivity contribution in [1.82, 2.24) is 0 Å². The number of para-hydroxylation sites is 2. The van der Waals surface area contributed by atoms with Crippen molar-refractivity contribution >= 4 is 76.4 Å². The molecule has 0 aliphatic rings. The molecule has 0 fully saturated rings. The Hall–Kier alpha value is -5.80. The van der Waals surface area contributed by atoms with Gasteiger partial charge in [0.15, 0.2) is 11.2 Å². The van der Waals surface area contributed by atoms with Crippen LogP contribution in [0.15, 0.2) is 147 Å². The van der Waals surface area contributed by atoms with Gasteiger partial charge in [-0.25, -0.2) is 0 Å². The SMILES string of the molecule is c1ccc2c(c1)oc1cc(-c3c4ccccc4c(-c4coc5c4ccc4c6ccccc6oc45)c4ccccc34)ccc12. The minimum atomic E-state index is 0.774. The van der Waals surface area contributed by atoms with Crippen LogP contribution in [0.2, 0.25) is 0 Å². The molecule has 3 nitrogen and oxygen atoms in total. The molecule has 3 heteroatoms. The van der Waals surface area contributed by atoms with Gasteiger partial charge in [0.25, 0.3) is 0 Å². The molecule has 0 spiro atoms. The molecule has 3 aromatic heterocycles. The van der Waals surface area contributed by atoms with Gasteiger partial charge < -0.3 is 13.3 Å². The van der Waals surface area contributed by atoms with E-state index in [1.807, 2.05) is 36.6 Å². The Morgan fingerprint density at radius 1 is 0.349 bits per heavy atom. The maximum atomic E-state index is 6.33. The van der Waals surface area contributed by atoms with Gasteiger partial charge in [-0.15, -0.1) is 0 Å². The van der Waals surface area contributed by atoms with Crippen molar-refractivity contribution in [1.29, 1.82) is 0 Å². The van der Waals surface area contributed by atoms with Gasteiger partial charge in [-0.3, -0.25) is 0 Å². The summed E-state index contributed by atoms with van der Waals surface area (Å²) in [6.07, 6.45) is 1.89. The summed E-state index contributed by atoms with van der Waals surface area (Å²) >= 11 is 0. The molecule has 0 unspecified atom stereocenters. The van der Waals surface area contributed by atoms with Crippen molar-refractivity contribution < 1.29 is 13.3 Å². The number of benzene rings is 7. The third-order valence-electron chi connectivity index (χ3n) is 8.95. The topological polar surface area (TPSA) is 39.4 Å². The Labute approximate surface area is 245 Å². The maximum absolute atomic E-state index is 6.33. The highest BCUT2D eigenvalue weighted by Crippen LogP contribution is 2.47. The fourth-order valence-corrected chi connectivity index (χ4v) is 7.08. The van der Waals surface area contributed by atoms with Crippen molar-refractivity contribution in [3.63, 3.8) is 0 Å². The molecule has 0 atom stereocenters. The van der Waals surface area contributed by atoms with E-state index in [-0.39, 0.29) is 0 Å². The highest BCUT2D eigenvalue weighted by atomic mass is 16.4. The molecule has 7 aromatic carbocycles. The number of hydrogen-bond donors (Lipinski definition) is 0. The van der Waals surface area contributed by atoms with Crippen LogP contribution in [-0.2, 0) is 0 Å². The highest BCUT2D eigenvalue weighted by molar-refractivity contribution is 6.25. The average Bonchev–Trinajstić information content (AvgIpc) is 3.76. The van der Waals surface area contributed by atoms with Crippen molar-refractivity contribution in [3.8, 4) is 22.3 Å². The summed E-state index contributed by atoms with van der Waals surface area (Å²) in [6.45, 7) is 0. The van der Waals surface area contributed by atoms with E-state index in [0.29, 0.717) is 0 Å². The first kappa shape index (κ1) is 22.8. The van der Waals surface area contributed by atoms with Crippen LogP contribution in [0.5, 0.6) is 0 Å². The quantitative estimate of drug-likeness (QED) is 0.201. The number of rotatable bonds is 2. The van der Waals surface area contributed by atoms with Gasteiger partial charge in [-0.05, 0) is 69.1 Å². The normalized spacial score (nSPS) is 12.2. The number of hydrogen-bond acceptors (Lipinski definition) is 3. The van der Waals surface area contributed by atoms with E-state index in [9.17, 15) is 0 Å². The molecule has 0 bridgehead atoms. The zero-order valence-corrected chi connectivity index (χ0v) is 22.9. The summed E-state index contributed by atoms with van der Waals surface area (Å²) in [5.74, 6) is 0. The third-order valence-corrected chi connectivity index (χ3v) is 8.95. The standard InChI is InChI=1S/C40H22O3/c1-3-13-29-27(11-1)37(23-17-18-26-24-9-5-7-15-34(24)42-36(26)21-23)28-12-2-4-14-30(28)38(29)33-22-41-39-32(33)20-19-31-25-10-6-8-16-35(25)43-40(31)39/h1-22H. The zero-order valence-electron chi connectivity index (χ0n) is 22.9. The molecule has 200 valence electrons. The minimum Gasteiger partial charge on any atom is -0.460 e. The maximum Gasteiger partial charge on any atom is 0.178 e. The summed E-state index contributed by atoms with van der Waals surface area (Å²) in [6, 6.07) is 44.7. The summed E-state index contributed by atoms with van der Waals surface area (Å²) < 4.78 is 19.0. The Morgan fingerprint density at radius 3 is 1.56 bits per heavy atom. The zero-order chi connectivity index (χ0) is 28.1. The van der Waals surface area contributed by atoms with Gasteiger partial charge in [0.05, 0.1) is 6.26 Å². The smallest absolute Gasteiger partial charge is 0.178 e. The van der Waals surface area contributed by atoms with Crippen LogP contribution in [0.4, 0.5) is 0 Å². The van der Waals surface area contributed by atoms with E-state index >= 15 is 0 Å². The lowest BCUT2D eigenvalue weighted by atomic mass is 9.85. The predicted molar refractivity (Wildman–Crippen MR) is 177 cm³/mol. The minimum absolute atomic E-state index is 0.774. The van der Waals surface area contributed by atoms with Gasteiger partial charge in [-0.1, -0.05) is 91.0 Å².